The van der Waals surface area contributed by atoms with Gasteiger partial charge in [0.15, 0.2) is 0 Å². The molecule has 0 radical (unpaired) electrons. The number of aromatic nitrogens is 4. The molecule has 0 saturated carbocycles. The Morgan fingerprint density at radius 1 is 1.21 bits per heavy atom. The molecule has 29 heavy (non-hydrogen) atoms. The molecule has 0 unspecified atom stereocenters. The normalized spacial score (nSPS) is 14.6. The van der Waals surface area contributed by atoms with Crippen molar-refractivity contribution in [1.82, 2.24) is 25.1 Å². The van der Waals surface area contributed by atoms with Crippen LogP contribution in [0.4, 0.5) is 0 Å². The summed E-state index contributed by atoms with van der Waals surface area (Å²) in [5.41, 5.74) is 4.67. The molecule has 3 heterocycles. The molecule has 2 N–H and O–H groups in total. The van der Waals surface area contributed by atoms with Gasteiger partial charge in [-0.2, -0.15) is 5.10 Å². The topological polar surface area (TPSA) is 86.9 Å². The molecule has 4 rings (SSSR count). The van der Waals surface area contributed by atoms with E-state index in [0.29, 0.717) is 6.54 Å². The van der Waals surface area contributed by atoms with Crippen molar-refractivity contribution >= 4 is 0 Å². The summed E-state index contributed by atoms with van der Waals surface area (Å²) in [5, 5.41) is 7.35. The Morgan fingerprint density at radius 2 is 1.97 bits per heavy atom. The summed E-state index contributed by atoms with van der Waals surface area (Å²) < 4.78 is 5.24. The van der Waals surface area contributed by atoms with Crippen LogP contribution in [-0.4, -0.2) is 38.7 Å². The van der Waals surface area contributed by atoms with Crippen LogP contribution in [0.2, 0.25) is 0 Å². The monoisotopic (exact) mass is 393 g/mol. The maximum absolute atomic E-state index is 12.7. The molecular formula is C22H27N5O2. The average Bonchev–Trinajstić information content (AvgIpc) is 3.15. The molecule has 1 aliphatic heterocycles. The fraction of sp³-hybridized carbons (Fsp3) is 0.409. The van der Waals surface area contributed by atoms with Crippen molar-refractivity contribution in [3.8, 4) is 17.0 Å². The van der Waals surface area contributed by atoms with Crippen LogP contribution in [0.15, 0.2) is 35.3 Å². The number of nitrogens with one attached hydrogen (secondary N) is 2. The van der Waals surface area contributed by atoms with Crippen molar-refractivity contribution in [2.45, 2.75) is 45.7 Å². The van der Waals surface area contributed by atoms with E-state index in [4.69, 9.17) is 9.72 Å². The second-order valence-electron chi connectivity index (χ2n) is 8.55. The number of rotatable bonds is 4. The van der Waals surface area contributed by atoms with Crippen molar-refractivity contribution in [3.05, 3.63) is 63.5 Å². The maximum atomic E-state index is 12.7. The van der Waals surface area contributed by atoms with E-state index < -0.39 is 0 Å². The van der Waals surface area contributed by atoms with Gasteiger partial charge in [0.25, 0.3) is 5.56 Å². The molecule has 0 bridgehead atoms. The molecule has 0 spiro atoms. The Bertz CT molecular complexity index is 1060. The van der Waals surface area contributed by atoms with Crippen LogP contribution in [0.25, 0.3) is 11.3 Å². The fourth-order valence-corrected chi connectivity index (χ4v) is 3.65. The highest BCUT2D eigenvalue weighted by molar-refractivity contribution is 5.63. The minimum atomic E-state index is -0.171. The molecule has 0 fully saturated rings. The fourth-order valence-electron chi connectivity index (χ4n) is 3.65. The molecule has 1 aromatic carbocycles. The first-order valence-electron chi connectivity index (χ1n) is 9.86. The van der Waals surface area contributed by atoms with E-state index in [1.54, 1.807) is 7.11 Å². The lowest BCUT2D eigenvalue weighted by atomic mass is 9.95. The second-order valence-corrected chi connectivity index (χ2v) is 8.55. The van der Waals surface area contributed by atoms with Gasteiger partial charge in [0, 0.05) is 42.6 Å². The van der Waals surface area contributed by atoms with Gasteiger partial charge < -0.3 is 9.72 Å². The number of nitrogens with zero attached hydrogens (tertiary/aromatic N) is 3. The van der Waals surface area contributed by atoms with Crippen molar-refractivity contribution in [1.29, 1.82) is 0 Å². The molecule has 0 amide bonds. The van der Waals surface area contributed by atoms with Gasteiger partial charge in [-0.05, 0) is 24.3 Å². The summed E-state index contributed by atoms with van der Waals surface area (Å²) in [6.45, 7) is 8.36. The second kappa shape index (κ2) is 7.48. The molecule has 0 atom stereocenters. The van der Waals surface area contributed by atoms with E-state index in [-0.39, 0.29) is 11.0 Å². The highest BCUT2D eigenvalue weighted by atomic mass is 16.5. The predicted molar refractivity (Wildman–Crippen MR) is 112 cm³/mol. The van der Waals surface area contributed by atoms with Crippen molar-refractivity contribution < 1.29 is 4.74 Å². The zero-order valence-corrected chi connectivity index (χ0v) is 17.4. The first kappa shape index (κ1) is 19.4. The number of H-pyrrole nitrogens is 2. The molecule has 7 heteroatoms. The van der Waals surface area contributed by atoms with E-state index in [1.807, 2.05) is 30.5 Å². The Labute approximate surface area is 170 Å². The number of fused-ring (bicyclic) bond motifs is 1. The lowest BCUT2D eigenvalue weighted by Gasteiger charge is -2.28. The van der Waals surface area contributed by atoms with Crippen molar-refractivity contribution in [3.63, 3.8) is 0 Å². The average molecular weight is 393 g/mol. The summed E-state index contributed by atoms with van der Waals surface area (Å²) in [6.07, 6.45) is 2.64. The minimum Gasteiger partial charge on any atom is -0.497 e. The Morgan fingerprint density at radius 3 is 2.66 bits per heavy atom. The van der Waals surface area contributed by atoms with Crippen LogP contribution in [-0.2, 0) is 24.9 Å². The smallest absolute Gasteiger partial charge is 0.255 e. The number of benzene rings is 1. The molecule has 1 aliphatic rings. The van der Waals surface area contributed by atoms with Gasteiger partial charge in [0.05, 0.1) is 30.3 Å². The summed E-state index contributed by atoms with van der Waals surface area (Å²) in [6, 6.07) is 7.91. The zero-order chi connectivity index (χ0) is 20.6. The SMILES string of the molecule is COc1ccc(-c2[nH]ncc2CN2CCc3nc(C(C)(C)C)[nH]c(=O)c3C2)cc1. The number of hydrogen-bond acceptors (Lipinski definition) is 5. The molecule has 7 nitrogen and oxygen atoms in total. The zero-order valence-electron chi connectivity index (χ0n) is 17.4. The Balaban J connectivity index is 1.55. The molecule has 152 valence electrons. The van der Waals surface area contributed by atoms with Crippen LogP contribution >= 0.6 is 0 Å². The van der Waals surface area contributed by atoms with Crippen LogP contribution in [0.1, 0.15) is 43.4 Å². The van der Waals surface area contributed by atoms with Gasteiger partial charge in [-0.1, -0.05) is 20.8 Å². The van der Waals surface area contributed by atoms with Crippen LogP contribution in [0, 0.1) is 0 Å². The van der Waals surface area contributed by atoms with E-state index in [0.717, 1.165) is 59.2 Å². The number of methoxy groups -OCH3 is 1. The van der Waals surface area contributed by atoms with Crippen LogP contribution < -0.4 is 10.3 Å². The van der Waals surface area contributed by atoms with Gasteiger partial charge >= 0.3 is 0 Å². The summed E-state index contributed by atoms with van der Waals surface area (Å²) in [4.78, 5) is 22.7. The van der Waals surface area contributed by atoms with Crippen molar-refractivity contribution in [2.24, 2.45) is 0 Å². The first-order valence-corrected chi connectivity index (χ1v) is 9.86. The third-order valence-corrected chi connectivity index (χ3v) is 5.35. The standard InChI is InChI=1S/C22H27N5O2/c1-22(2,3)21-24-18-9-10-27(13-17(18)20(28)25-21)12-15-11-23-26-19(15)14-5-7-16(29-4)8-6-14/h5-8,11H,9-10,12-13H2,1-4H3,(H,23,26)(H,24,25,28). The van der Waals surface area contributed by atoms with E-state index in [9.17, 15) is 4.79 Å². The van der Waals surface area contributed by atoms with Gasteiger partial charge in [0.2, 0.25) is 0 Å². The lowest BCUT2D eigenvalue weighted by Crippen LogP contribution is -2.37. The van der Waals surface area contributed by atoms with E-state index in [1.165, 1.54) is 0 Å². The van der Waals surface area contributed by atoms with Gasteiger partial charge in [-0.3, -0.25) is 14.8 Å². The van der Waals surface area contributed by atoms with Crippen LogP contribution in [0.5, 0.6) is 5.75 Å². The largest absolute Gasteiger partial charge is 0.497 e. The summed E-state index contributed by atoms with van der Waals surface area (Å²) >= 11 is 0. The van der Waals surface area contributed by atoms with Gasteiger partial charge in [-0.15, -0.1) is 0 Å². The molecule has 0 saturated heterocycles. The lowest BCUT2D eigenvalue weighted by molar-refractivity contribution is 0.241. The molecule has 2 aromatic heterocycles. The van der Waals surface area contributed by atoms with E-state index in [2.05, 4.69) is 40.9 Å². The number of hydrogen-bond donors (Lipinski definition) is 2. The Hall–Kier alpha value is -2.93. The molecular weight excluding hydrogens is 366 g/mol. The van der Waals surface area contributed by atoms with E-state index >= 15 is 0 Å². The summed E-state index contributed by atoms with van der Waals surface area (Å²) in [7, 11) is 1.66. The first-order chi connectivity index (χ1) is 13.8. The molecule has 3 aromatic rings. The summed E-state index contributed by atoms with van der Waals surface area (Å²) in [5.74, 6) is 1.58. The van der Waals surface area contributed by atoms with Gasteiger partial charge in [0.1, 0.15) is 11.6 Å². The molecule has 0 aliphatic carbocycles. The minimum absolute atomic E-state index is 0.0211. The number of ether oxygens (including phenoxy) is 1. The quantitative estimate of drug-likeness (QED) is 0.711. The third kappa shape index (κ3) is 3.96. The van der Waals surface area contributed by atoms with Crippen LogP contribution in [0.3, 0.4) is 0 Å². The third-order valence-electron chi connectivity index (χ3n) is 5.35. The maximum Gasteiger partial charge on any atom is 0.255 e. The van der Waals surface area contributed by atoms with Crippen molar-refractivity contribution in [2.75, 3.05) is 13.7 Å². The highest BCUT2D eigenvalue weighted by Crippen LogP contribution is 2.26. The Kier molecular flexibility index (Phi) is 5.00. The number of aromatic amines is 2. The predicted octanol–water partition coefficient (Wildman–Crippen LogP) is 3.02. The van der Waals surface area contributed by atoms with Gasteiger partial charge in [-0.25, -0.2) is 4.98 Å². The highest BCUT2D eigenvalue weighted by Gasteiger charge is 2.25.